The van der Waals surface area contributed by atoms with Crippen LogP contribution >= 0.6 is 11.3 Å². The van der Waals surface area contributed by atoms with Gasteiger partial charge in [-0.1, -0.05) is 0 Å². The molecule has 1 amide bonds. The summed E-state index contributed by atoms with van der Waals surface area (Å²) >= 11 is 1.08. The number of esters is 1. The summed E-state index contributed by atoms with van der Waals surface area (Å²) < 4.78 is 6.65. The van der Waals surface area contributed by atoms with E-state index in [2.05, 4.69) is 20.5 Å². The van der Waals surface area contributed by atoms with Crippen LogP contribution in [0.4, 0.5) is 0 Å². The van der Waals surface area contributed by atoms with Gasteiger partial charge in [-0.25, -0.2) is 9.78 Å². The maximum atomic E-state index is 12.0. The normalized spacial score (nSPS) is 10.4. The molecule has 0 spiro atoms. The molecule has 9 heteroatoms. The maximum absolute atomic E-state index is 12.0. The zero-order valence-corrected chi connectivity index (χ0v) is 12.5. The van der Waals surface area contributed by atoms with E-state index in [0.29, 0.717) is 5.82 Å². The van der Waals surface area contributed by atoms with Crippen molar-refractivity contribution in [2.75, 3.05) is 6.61 Å². The Hall–Kier alpha value is -2.29. The zero-order chi connectivity index (χ0) is 15.2. The Morgan fingerprint density at radius 2 is 2.24 bits per heavy atom. The molecule has 2 aromatic rings. The van der Waals surface area contributed by atoms with Gasteiger partial charge >= 0.3 is 5.97 Å². The predicted octanol–water partition coefficient (Wildman–Crippen LogP) is 0.861. The van der Waals surface area contributed by atoms with Crippen LogP contribution in [0.3, 0.4) is 0 Å². The number of thiazole rings is 1. The molecular formula is C12H15N5O3S. The number of hydrogen-bond acceptors (Lipinski definition) is 7. The highest BCUT2D eigenvalue weighted by atomic mass is 32.1. The van der Waals surface area contributed by atoms with E-state index in [0.717, 1.165) is 17.9 Å². The van der Waals surface area contributed by atoms with Gasteiger partial charge in [0, 0.05) is 11.9 Å². The molecule has 2 rings (SSSR count). The van der Waals surface area contributed by atoms with E-state index in [9.17, 15) is 9.59 Å². The third-order valence-electron chi connectivity index (χ3n) is 2.63. The Balaban J connectivity index is 1.96. The summed E-state index contributed by atoms with van der Waals surface area (Å²) in [7, 11) is 0. The second-order valence-corrected chi connectivity index (χ2v) is 4.83. The molecule has 1 N–H and O–H groups in total. The Kier molecular flexibility index (Phi) is 4.99. The van der Waals surface area contributed by atoms with E-state index in [4.69, 9.17) is 4.74 Å². The fraction of sp³-hybridized carbons (Fsp3) is 0.417. The van der Waals surface area contributed by atoms with Crippen LogP contribution in [0.2, 0.25) is 0 Å². The minimum atomic E-state index is -0.521. The average molecular weight is 309 g/mol. The molecule has 112 valence electrons. The van der Waals surface area contributed by atoms with E-state index in [-0.39, 0.29) is 29.8 Å². The fourth-order valence-electron chi connectivity index (χ4n) is 1.59. The van der Waals surface area contributed by atoms with E-state index in [1.165, 1.54) is 5.38 Å². The maximum Gasteiger partial charge on any atom is 0.367 e. The van der Waals surface area contributed by atoms with Crippen molar-refractivity contribution < 1.29 is 14.3 Å². The molecule has 0 bridgehead atoms. The molecule has 0 aliphatic rings. The van der Waals surface area contributed by atoms with Crippen LogP contribution in [-0.4, -0.2) is 38.2 Å². The molecule has 21 heavy (non-hydrogen) atoms. The molecule has 0 fully saturated rings. The van der Waals surface area contributed by atoms with Gasteiger partial charge in [-0.3, -0.25) is 4.79 Å². The van der Waals surface area contributed by atoms with E-state index < -0.39 is 5.97 Å². The Bertz CT molecular complexity index is 636. The summed E-state index contributed by atoms with van der Waals surface area (Å²) in [5, 5.41) is 12.1. The van der Waals surface area contributed by atoms with Crippen LogP contribution in [-0.2, 0) is 17.8 Å². The van der Waals surface area contributed by atoms with Crippen molar-refractivity contribution in [3.63, 3.8) is 0 Å². The third-order valence-corrected chi connectivity index (χ3v) is 3.45. The number of rotatable bonds is 6. The van der Waals surface area contributed by atoms with Crippen LogP contribution in [0.25, 0.3) is 0 Å². The molecule has 0 aliphatic heterocycles. The predicted molar refractivity (Wildman–Crippen MR) is 74.9 cm³/mol. The summed E-state index contributed by atoms with van der Waals surface area (Å²) in [5.74, 6) is -0.230. The van der Waals surface area contributed by atoms with E-state index in [1.807, 2.05) is 11.5 Å². The lowest BCUT2D eigenvalue weighted by Gasteiger charge is -2.04. The quantitative estimate of drug-likeness (QED) is 0.795. The van der Waals surface area contributed by atoms with Gasteiger partial charge in [-0.05, 0) is 13.8 Å². The van der Waals surface area contributed by atoms with Crippen molar-refractivity contribution in [2.45, 2.75) is 26.9 Å². The number of carbonyl (C=O) groups is 2. The lowest BCUT2D eigenvalue weighted by molar-refractivity contribution is 0.0526. The molecular weight excluding hydrogens is 294 g/mol. The first-order valence-corrected chi connectivity index (χ1v) is 7.31. The number of ether oxygens (including phenoxy) is 1. The highest BCUT2D eigenvalue weighted by molar-refractivity contribution is 7.11. The Morgan fingerprint density at radius 3 is 2.95 bits per heavy atom. The Morgan fingerprint density at radius 1 is 1.43 bits per heavy atom. The average Bonchev–Trinajstić information content (AvgIpc) is 3.13. The summed E-state index contributed by atoms with van der Waals surface area (Å²) in [5.41, 5.74) is 0.186. The van der Waals surface area contributed by atoms with Crippen molar-refractivity contribution in [3.8, 4) is 0 Å². The first-order chi connectivity index (χ1) is 10.2. The van der Waals surface area contributed by atoms with Gasteiger partial charge in [0.15, 0.2) is 5.82 Å². The first kappa shape index (κ1) is 15.1. The first-order valence-electron chi connectivity index (χ1n) is 6.43. The number of aromatic nitrogens is 4. The van der Waals surface area contributed by atoms with Gasteiger partial charge < -0.3 is 14.6 Å². The monoisotopic (exact) mass is 309 g/mol. The van der Waals surface area contributed by atoms with Gasteiger partial charge in [0.05, 0.1) is 13.2 Å². The molecule has 0 radical (unpaired) electrons. The highest BCUT2D eigenvalue weighted by Gasteiger charge is 2.16. The molecule has 0 saturated carbocycles. The standard InChI is InChI=1S/C12H15N5O3S/c1-3-17-7-14-16-9(17)5-13-10(18)8-6-21-11(15-8)12(19)20-4-2/h6-7H,3-5H2,1-2H3,(H,13,18). The lowest BCUT2D eigenvalue weighted by atomic mass is 10.4. The largest absolute Gasteiger partial charge is 0.461 e. The van der Waals surface area contributed by atoms with Gasteiger partial charge in [0.2, 0.25) is 5.01 Å². The van der Waals surface area contributed by atoms with Crippen LogP contribution < -0.4 is 5.32 Å². The molecule has 8 nitrogen and oxygen atoms in total. The second-order valence-electron chi connectivity index (χ2n) is 3.97. The molecule has 0 atom stereocenters. The summed E-state index contributed by atoms with van der Waals surface area (Å²) in [6, 6.07) is 0. The van der Waals surface area contributed by atoms with Gasteiger partial charge in [-0.2, -0.15) is 0 Å². The number of aryl methyl sites for hydroxylation is 1. The van der Waals surface area contributed by atoms with Gasteiger partial charge in [-0.15, -0.1) is 21.5 Å². The summed E-state index contributed by atoms with van der Waals surface area (Å²) in [6.45, 7) is 4.91. The van der Waals surface area contributed by atoms with Crippen molar-refractivity contribution in [1.29, 1.82) is 0 Å². The van der Waals surface area contributed by atoms with E-state index in [1.54, 1.807) is 13.3 Å². The van der Waals surface area contributed by atoms with Crippen LogP contribution in [0.5, 0.6) is 0 Å². The van der Waals surface area contributed by atoms with Crippen LogP contribution in [0, 0.1) is 0 Å². The number of amides is 1. The number of nitrogens with zero attached hydrogens (tertiary/aromatic N) is 4. The zero-order valence-electron chi connectivity index (χ0n) is 11.7. The number of hydrogen-bond donors (Lipinski definition) is 1. The SMILES string of the molecule is CCOC(=O)c1nc(C(=O)NCc2nncn2CC)cs1. The number of carbonyl (C=O) groups excluding carboxylic acids is 2. The van der Waals surface area contributed by atoms with Gasteiger partial charge in [0.1, 0.15) is 12.0 Å². The molecule has 0 unspecified atom stereocenters. The molecule has 0 aromatic carbocycles. The lowest BCUT2D eigenvalue weighted by Crippen LogP contribution is -2.25. The van der Waals surface area contributed by atoms with E-state index >= 15 is 0 Å². The van der Waals surface area contributed by atoms with Crippen LogP contribution in [0.15, 0.2) is 11.7 Å². The highest BCUT2D eigenvalue weighted by Crippen LogP contribution is 2.11. The number of nitrogens with one attached hydrogen (secondary N) is 1. The molecule has 2 aromatic heterocycles. The van der Waals surface area contributed by atoms with Gasteiger partial charge in [0.25, 0.3) is 5.91 Å². The summed E-state index contributed by atoms with van der Waals surface area (Å²) in [4.78, 5) is 27.4. The van der Waals surface area contributed by atoms with Crippen molar-refractivity contribution in [2.24, 2.45) is 0 Å². The van der Waals surface area contributed by atoms with Crippen molar-refractivity contribution >= 4 is 23.2 Å². The molecule has 2 heterocycles. The molecule has 0 aliphatic carbocycles. The third kappa shape index (κ3) is 3.63. The summed E-state index contributed by atoms with van der Waals surface area (Å²) in [6.07, 6.45) is 1.60. The topological polar surface area (TPSA) is 99.0 Å². The smallest absolute Gasteiger partial charge is 0.367 e. The minimum Gasteiger partial charge on any atom is -0.461 e. The minimum absolute atomic E-state index is 0.165. The fourth-order valence-corrected chi connectivity index (χ4v) is 2.28. The Labute approximate surface area is 125 Å². The second kappa shape index (κ2) is 6.93. The van der Waals surface area contributed by atoms with Crippen molar-refractivity contribution in [1.82, 2.24) is 25.1 Å². The van der Waals surface area contributed by atoms with Crippen LogP contribution in [0.1, 0.15) is 40.0 Å². The van der Waals surface area contributed by atoms with Crippen molar-refractivity contribution in [3.05, 3.63) is 28.2 Å². The molecule has 0 saturated heterocycles.